The monoisotopic (exact) mass is 250 g/mol. The predicted molar refractivity (Wildman–Crippen MR) is 59.3 cm³/mol. The van der Waals surface area contributed by atoms with Gasteiger partial charge in [0.05, 0.1) is 0 Å². The minimum Gasteiger partial charge on any atom is -0.480 e. The molecule has 0 radical (unpaired) electrons. The Labute approximate surface area is 98.9 Å². The van der Waals surface area contributed by atoms with Gasteiger partial charge in [0, 0.05) is 13.5 Å². The fourth-order valence-electron chi connectivity index (χ4n) is 1.15. The summed E-state index contributed by atoms with van der Waals surface area (Å²) in [5, 5.41) is 9.39. The number of alkyl halides is 1. The average Bonchev–Trinajstić information content (AvgIpc) is 2.16. The molecule has 1 atom stereocenters. The molecule has 0 rings (SSSR count). The van der Waals surface area contributed by atoms with E-state index in [1.54, 1.807) is 0 Å². The number of hydrogen-bond donors (Lipinski definition) is 4. The zero-order valence-corrected chi connectivity index (χ0v) is 9.78. The van der Waals surface area contributed by atoms with Crippen LogP contribution in [0.3, 0.4) is 0 Å². The molecule has 17 heavy (non-hydrogen) atoms. The number of hydrazine groups is 1. The van der Waals surface area contributed by atoms with Crippen molar-refractivity contribution in [3.05, 3.63) is 0 Å². The summed E-state index contributed by atoms with van der Waals surface area (Å²) >= 11 is 0. The Morgan fingerprint density at radius 2 is 2.06 bits per heavy atom. The van der Waals surface area contributed by atoms with E-state index < -0.39 is 24.2 Å². The van der Waals surface area contributed by atoms with Crippen molar-refractivity contribution in [2.75, 3.05) is 20.1 Å². The SMILES string of the molecule is CN(CC(=O)O)NC(=O)C(N)(F)CCCCN. The van der Waals surface area contributed by atoms with Crippen LogP contribution in [0.4, 0.5) is 4.39 Å². The third-order valence-electron chi connectivity index (χ3n) is 2.04. The smallest absolute Gasteiger partial charge is 0.319 e. The van der Waals surface area contributed by atoms with Crippen molar-refractivity contribution in [1.82, 2.24) is 10.4 Å². The van der Waals surface area contributed by atoms with Gasteiger partial charge in [-0.3, -0.25) is 20.7 Å². The Morgan fingerprint density at radius 1 is 1.47 bits per heavy atom. The first-order chi connectivity index (χ1) is 7.79. The summed E-state index contributed by atoms with van der Waals surface area (Å²) in [6.07, 6.45) is 0.803. The van der Waals surface area contributed by atoms with Crippen LogP contribution in [0.1, 0.15) is 19.3 Å². The molecular formula is C9H19FN4O3. The number of nitrogens with one attached hydrogen (secondary N) is 1. The Bertz CT molecular complexity index is 273. The largest absolute Gasteiger partial charge is 0.480 e. The number of carboxylic acid groups (broad SMARTS) is 1. The molecular weight excluding hydrogens is 231 g/mol. The van der Waals surface area contributed by atoms with E-state index >= 15 is 0 Å². The maximum atomic E-state index is 13.7. The molecule has 0 heterocycles. The zero-order chi connectivity index (χ0) is 13.5. The third kappa shape index (κ3) is 6.82. The standard InChI is InChI=1S/C9H19FN4O3/c1-14(6-7(15)16)13-8(17)9(10,12)4-2-3-5-11/h2-6,11-12H2,1H3,(H,13,17)(H,15,16). The van der Waals surface area contributed by atoms with Gasteiger partial charge in [-0.15, -0.1) is 0 Å². The van der Waals surface area contributed by atoms with Crippen molar-refractivity contribution >= 4 is 11.9 Å². The Balaban J connectivity index is 4.13. The lowest BCUT2D eigenvalue weighted by Gasteiger charge is -2.23. The Hall–Kier alpha value is -1.25. The van der Waals surface area contributed by atoms with E-state index in [4.69, 9.17) is 16.6 Å². The third-order valence-corrected chi connectivity index (χ3v) is 2.04. The summed E-state index contributed by atoms with van der Waals surface area (Å²) in [6.45, 7) is -0.0404. The molecule has 0 saturated heterocycles. The maximum absolute atomic E-state index is 13.7. The second-order valence-corrected chi connectivity index (χ2v) is 3.80. The Morgan fingerprint density at radius 3 is 2.53 bits per heavy atom. The van der Waals surface area contributed by atoms with Crippen LogP contribution in [0.25, 0.3) is 0 Å². The molecule has 100 valence electrons. The number of carbonyl (C=O) groups excluding carboxylic acids is 1. The van der Waals surface area contributed by atoms with Crippen LogP contribution in [-0.2, 0) is 9.59 Å². The molecule has 1 amide bonds. The average molecular weight is 250 g/mol. The van der Waals surface area contributed by atoms with Crippen LogP contribution in [0, 0.1) is 0 Å². The van der Waals surface area contributed by atoms with Crippen LogP contribution in [-0.4, -0.2) is 47.9 Å². The van der Waals surface area contributed by atoms with Crippen molar-refractivity contribution in [2.45, 2.75) is 25.1 Å². The summed E-state index contributed by atoms with van der Waals surface area (Å²) in [5.74, 6) is -4.71. The first kappa shape index (κ1) is 15.8. The van der Waals surface area contributed by atoms with E-state index in [1.807, 2.05) is 0 Å². The molecule has 0 aliphatic carbocycles. The fourth-order valence-corrected chi connectivity index (χ4v) is 1.15. The minimum absolute atomic E-state index is 0.156. The van der Waals surface area contributed by atoms with Crippen LogP contribution in [0.5, 0.6) is 0 Å². The number of unbranched alkanes of at least 4 members (excludes halogenated alkanes) is 1. The van der Waals surface area contributed by atoms with Gasteiger partial charge < -0.3 is 10.8 Å². The highest BCUT2D eigenvalue weighted by Crippen LogP contribution is 2.13. The molecule has 0 spiro atoms. The highest BCUT2D eigenvalue weighted by atomic mass is 19.1. The van der Waals surface area contributed by atoms with Crippen molar-refractivity contribution in [3.8, 4) is 0 Å². The summed E-state index contributed by atoms with van der Waals surface area (Å²) in [6, 6.07) is 0. The topological polar surface area (TPSA) is 122 Å². The molecule has 1 unspecified atom stereocenters. The second-order valence-electron chi connectivity index (χ2n) is 3.80. The van der Waals surface area contributed by atoms with Crippen LogP contribution in [0.15, 0.2) is 0 Å². The normalized spacial score (nSPS) is 14.4. The minimum atomic E-state index is -2.51. The van der Waals surface area contributed by atoms with Gasteiger partial charge in [-0.1, -0.05) is 0 Å². The molecule has 0 bridgehead atoms. The van der Waals surface area contributed by atoms with Crippen molar-refractivity contribution in [3.63, 3.8) is 0 Å². The number of hydrogen-bond acceptors (Lipinski definition) is 5. The maximum Gasteiger partial charge on any atom is 0.319 e. The number of nitrogens with zero attached hydrogens (tertiary/aromatic N) is 1. The van der Waals surface area contributed by atoms with Crippen LogP contribution >= 0.6 is 0 Å². The van der Waals surface area contributed by atoms with Crippen molar-refractivity contribution < 1.29 is 19.1 Å². The summed E-state index contributed by atoms with van der Waals surface area (Å²) in [7, 11) is 1.31. The van der Waals surface area contributed by atoms with E-state index in [-0.39, 0.29) is 6.42 Å². The first-order valence-corrected chi connectivity index (χ1v) is 5.21. The number of rotatable bonds is 8. The lowest BCUT2D eigenvalue weighted by molar-refractivity contribution is -0.143. The van der Waals surface area contributed by atoms with Crippen molar-refractivity contribution in [1.29, 1.82) is 0 Å². The van der Waals surface area contributed by atoms with Gasteiger partial charge in [-0.05, 0) is 19.4 Å². The molecule has 8 heteroatoms. The first-order valence-electron chi connectivity index (χ1n) is 5.21. The highest BCUT2D eigenvalue weighted by Gasteiger charge is 2.33. The molecule has 0 aromatic heterocycles. The number of halogens is 1. The molecule has 0 aliphatic heterocycles. The number of nitrogens with two attached hydrogens (primary N) is 2. The zero-order valence-electron chi connectivity index (χ0n) is 9.78. The van der Waals surface area contributed by atoms with Crippen LogP contribution in [0.2, 0.25) is 0 Å². The van der Waals surface area contributed by atoms with Crippen LogP contribution < -0.4 is 16.9 Å². The van der Waals surface area contributed by atoms with E-state index in [2.05, 4.69) is 5.43 Å². The number of carbonyl (C=O) groups is 2. The fraction of sp³-hybridized carbons (Fsp3) is 0.778. The van der Waals surface area contributed by atoms with Gasteiger partial charge >= 0.3 is 5.97 Å². The number of aliphatic carboxylic acids is 1. The van der Waals surface area contributed by atoms with Gasteiger partial charge in [0.15, 0.2) is 0 Å². The molecule has 0 aromatic rings. The summed E-state index contributed by atoms with van der Waals surface area (Å²) in [5.41, 5.74) is 12.5. The van der Waals surface area contributed by atoms with Gasteiger partial charge in [0.1, 0.15) is 6.54 Å². The molecule has 6 N–H and O–H groups in total. The second kappa shape index (κ2) is 7.15. The van der Waals surface area contributed by atoms with Gasteiger partial charge in [-0.2, -0.15) is 0 Å². The predicted octanol–water partition coefficient (Wildman–Crippen LogP) is -1.21. The van der Waals surface area contributed by atoms with Gasteiger partial charge in [0.25, 0.3) is 5.91 Å². The molecule has 0 aliphatic rings. The highest BCUT2D eigenvalue weighted by molar-refractivity contribution is 5.84. The van der Waals surface area contributed by atoms with E-state index in [9.17, 15) is 14.0 Å². The quantitative estimate of drug-likeness (QED) is 0.243. The lowest BCUT2D eigenvalue weighted by atomic mass is 10.1. The molecule has 0 aromatic carbocycles. The Kier molecular flexibility index (Phi) is 6.62. The summed E-state index contributed by atoms with van der Waals surface area (Å²) in [4.78, 5) is 21.7. The number of amides is 1. The number of carboxylic acids is 1. The van der Waals surface area contributed by atoms with E-state index in [1.165, 1.54) is 7.05 Å². The van der Waals surface area contributed by atoms with E-state index in [0.717, 1.165) is 5.01 Å². The molecule has 0 fully saturated rings. The number of likely N-dealkylation sites (N-methyl/N-ethyl adjacent to an activating group) is 1. The van der Waals surface area contributed by atoms with Gasteiger partial charge in [-0.25, -0.2) is 9.40 Å². The summed E-state index contributed by atoms with van der Waals surface area (Å²) < 4.78 is 13.7. The molecule has 0 saturated carbocycles. The molecule has 7 nitrogen and oxygen atoms in total. The van der Waals surface area contributed by atoms with Gasteiger partial charge in [0.2, 0.25) is 5.79 Å². The van der Waals surface area contributed by atoms with E-state index in [0.29, 0.717) is 19.4 Å². The lowest BCUT2D eigenvalue weighted by Crippen LogP contribution is -2.55. The van der Waals surface area contributed by atoms with Crippen molar-refractivity contribution in [2.24, 2.45) is 11.5 Å².